The third-order valence-corrected chi connectivity index (χ3v) is 2.22. The van der Waals surface area contributed by atoms with Crippen molar-refractivity contribution in [3.8, 4) is 0 Å². The lowest BCUT2D eigenvalue weighted by Gasteiger charge is -1.87. The van der Waals surface area contributed by atoms with E-state index in [1.165, 1.54) is 12.8 Å². The first-order valence-corrected chi connectivity index (χ1v) is 3.78. The maximum Gasteiger partial charge on any atom is 0.229 e. The van der Waals surface area contributed by atoms with E-state index in [2.05, 4.69) is 5.16 Å². The van der Waals surface area contributed by atoms with Crippen LogP contribution in [0.5, 0.6) is 0 Å². The summed E-state index contributed by atoms with van der Waals surface area (Å²) in [5.74, 6) is 0.635. The van der Waals surface area contributed by atoms with Gasteiger partial charge in [0.15, 0.2) is 0 Å². The van der Waals surface area contributed by atoms with Crippen LogP contribution in [-0.4, -0.2) is 5.16 Å². The number of hydrogen-bond acceptors (Lipinski definition) is 2. The molecule has 1 heterocycles. The third-order valence-electron chi connectivity index (χ3n) is 1.87. The number of halogens is 1. The van der Waals surface area contributed by atoms with Crippen LogP contribution in [0.15, 0.2) is 4.52 Å². The Morgan fingerprint density at radius 1 is 1.60 bits per heavy atom. The first kappa shape index (κ1) is 6.23. The minimum absolute atomic E-state index is 0.446. The molecule has 0 radical (unpaired) electrons. The first-order chi connectivity index (χ1) is 4.79. The molecule has 0 spiro atoms. The summed E-state index contributed by atoms with van der Waals surface area (Å²) in [6, 6.07) is 0. The lowest BCUT2D eigenvalue weighted by Crippen LogP contribution is -1.80. The number of aromatic nitrogens is 1. The molecule has 0 aromatic carbocycles. The average Bonchev–Trinajstić information content (AvgIpc) is 2.67. The third kappa shape index (κ3) is 0.833. The molecule has 1 fully saturated rings. The quantitative estimate of drug-likeness (QED) is 0.626. The topological polar surface area (TPSA) is 26.0 Å². The summed E-state index contributed by atoms with van der Waals surface area (Å²) in [5, 5.41) is 4.32. The van der Waals surface area contributed by atoms with Gasteiger partial charge in [0, 0.05) is 11.5 Å². The molecule has 10 heavy (non-hydrogen) atoms. The highest BCUT2D eigenvalue weighted by Gasteiger charge is 2.29. The Labute approximate surface area is 64.2 Å². The van der Waals surface area contributed by atoms with Crippen LogP contribution >= 0.6 is 11.6 Å². The first-order valence-electron chi connectivity index (χ1n) is 3.40. The molecule has 0 amide bonds. The molecule has 1 aromatic rings. The maximum absolute atomic E-state index is 5.67. The molecule has 1 aliphatic carbocycles. The van der Waals surface area contributed by atoms with Crippen molar-refractivity contribution in [3.63, 3.8) is 0 Å². The van der Waals surface area contributed by atoms with Gasteiger partial charge in [-0.3, -0.25) is 0 Å². The Balaban J connectivity index is 2.40. The highest BCUT2D eigenvalue weighted by atomic mass is 35.5. The van der Waals surface area contributed by atoms with Crippen LogP contribution in [0.2, 0.25) is 5.22 Å². The summed E-state index contributed by atoms with van der Waals surface area (Å²) in [4.78, 5) is 0. The second-order valence-corrected chi connectivity index (χ2v) is 3.08. The van der Waals surface area contributed by atoms with E-state index in [9.17, 15) is 0 Å². The van der Waals surface area contributed by atoms with Crippen molar-refractivity contribution in [3.05, 3.63) is 16.5 Å². The van der Waals surface area contributed by atoms with Crippen molar-refractivity contribution in [1.29, 1.82) is 0 Å². The van der Waals surface area contributed by atoms with Crippen LogP contribution in [-0.2, 0) is 0 Å². The molecule has 0 aliphatic heterocycles. The van der Waals surface area contributed by atoms with Crippen LogP contribution in [0.1, 0.15) is 30.0 Å². The zero-order chi connectivity index (χ0) is 7.14. The van der Waals surface area contributed by atoms with Crippen molar-refractivity contribution in [1.82, 2.24) is 5.16 Å². The molecule has 1 aromatic heterocycles. The Kier molecular flexibility index (Phi) is 1.24. The summed E-state index contributed by atoms with van der Waals surface area (Å²) in [5.41, 5.74) is 2.08. The molecule has 2 nitrogen and oxygen atoms in total. The molecular formula is C7H8ClNO. The van der Waals surface area contributed by atoms with Crippen LogP contribution in [0.4, 0.5) is 0 Å². The minimum atomic E-state index is 0.446. The Hall–Kier alpha value is -0.500. The molecule has 0 atom stereocenters. The Morgan fingerprint density at radius 3 is 2.70 bits per heavy atom. The van der Waals surface area contributed by atoms with Gasteiger partial charge in [0.2, 0.25) is 5.22 Å². The van der Waals surface area contributed by atoms with E-state index < -0.39 is 0 Å². The normalized spacial score (nSPS) is 17.8. The van der Waals surface area contributed by atoms with Crippen molar-refractivity contribution in [2.45, 2.75) is 25.7 Å². The monoisotopic (exact) mass is 157 g/mol. The van der Waals surface area contributed by atoms with E-state index in [1.807, 2.05) is 6.92 Å². The molecule has 54 valence electrons. The fraction of sp³-hybridized carbons (Fsp3) is 0.571. The number of nitrogens with zero attached hydrogens (tertiary/aromatic N) is 1. The highest BCUT2D eigenvalue weighted by molar-refractivity contribution is 6.29. The standard InChI is InChI=1S/C7H8ClNO/c1-4-6(5-2-3-5)9-10-7(4)8/h5H,2-3H2,1H3. The van der Waals surface area contributed by atoms with Crippen LogP contribution in [0.25, 0.3) is 0 Å². The van der Waals surface area contributed by atoms with Gasteiger partial charge in [0.25, 0.3) is 0 Å². The Bertz CT molecular complexity index is 252. The lowest BCUT2D eigenvalue weighted by atomic mass is 10.2. The van der Waals surface area contributed by atoms with E-state index >= 15 is 0 Å². The predicted octanol–water partition coefficient (Wildman–Crippen LogP) is 2.51. The molecule has 0 saturated heterocycles. The van der Waals surface area contributed by atoms with Gasteiger partial charge in [-0.2, -0.15) is 0 Å². The fourth-order valence-corrected chi connectivity index (χ4v) is 1.20. The maximum atomic E-state index is 5.67. The second kappa shape index (κ2) is 1.99. The molecule has 1 aliphatic rings. The average molecular weight is 158 g/mol. The predicted molar refractivity (Wildman–Crippen MR) is 38.2 cm³/mol. The Morgan fingerprint density at radius 2 is 2.30 bits per heavy atom. The van der Waals surface area contributed by atoms with Gasteiger partial charge in [-0.15, -0.1) is 0 Å². The SMILES string of the molecule is Cc1c(C2CC2)noc1Cl. The van der Waals surface area contributed by atoms with Crippen LogP contribution < -0.4 is 0 Å². The van der Waals surface area contributed by atoms with Gasteiger partial charge >= 0.3 is 0 Å². The van der Waals surface area contributed by atoms with Gasteiger partial charge in [0.05, 0.1) is 5.69 Å². The van der Waals surface area contributed by atoms with E-state index in [-0.39, 0.29) is 0 Å². The molecule has 0 bridgehead atoms. The summed E-state index contributed by atoms with van der Waals surface area (Å²) in [6.07, 6.45) is 2.48. The summed E-state index contributed by atoms with van der Waals surface area (Å²) in [6.45, 7) is 1.95. The van der Waals surface area contributed by atoms with E-state index in [4.69, 9.17) is 16.1 Å². The van der Waals surface area contributed by atoms with Crippen LogP contribution in [0.3, 0.4) is 0 Å². The van der Waals surface area contributed by atoms with E-state index in [0.29, 0.717) is 11.1 Å². The molecule has 1 saturated carbocycles. The summed E-state index contributed by atoms with van der Waals surface area (Å²) >= 11 is 5.67. The summed E-state index contributed by atoms with van der Waals surface area (Å²) in [7, 11) is 0. The van der Waals surface area contributed by atoms with Crippen LogP contribution in [0, 0.1) is 6.92 Å². The van der Waals surface area contributed by atoms with Crippen molar-refractivity contribution in [2.24, 2.45) is 0 Å². The lowest BCUT2D eigenvalue weighted by molar-refractivity contribution is 0.413. The van der Waals surface area contributed by atoms with Crippen molar-refractivity contribution >= 4 is 11.6 Å². The minimum Gasteiger partial charge on any atom is -0.344 e. The largest absolute Gasteiger partial charge is 0.344 e. The number of hydrogen-bond donors (Lipinski definition) is 0. The second-order valence-electron chi connectivity index (χ2n) is 2.74. The van der Waals surface area contributed by atoms with Gasteiger partial charge in [0.1, 0.15) is 0 Å². The summed E-state index contributed by atoms with van der Waals surface area (Å²) < 4.78 is 4.81. The zero-order valence-electron chi connectivity index (χ0n) is 5.72. The van der Waals surface area contributed by atoms with E-state index in [1.54, 1.807) is 0 Å². The highest BCUT2D eigenvalue weighted by Crippen LogP contribution is 2.42. The van der Waals surface area contributed by atoms with Gasteiger partial charge < -0.3 is 4.52 Å². The smallest absolute Gasteiger partial charge is 0.229 e. The molecule has 0 N–H and O–H groups in total. The molecular weight excluding hydrogens is 150 g/mol. The van der Waals surface area contributed by atoms with Gasteiger partial charge in [-0.05, 0) is 31.4 Å². The van der Waals surface area contributed by atoms with Gasteiger partial charge in [-0.1, -0.05) is 5.16 Å². The molecule has 3 heteroatoms. The fourth-order valence-electron chi connectivity index (χ4n) is 1.06. The van der Waals surface area contributed by atoms with E-state index in [0.717, 1.165) is 11.3 Å². The number of rotatable bonds is 1. The van der Waals surface area contributed by atoms with Crippen molar-refractivity contribution in [2.75, 3.05) is 0 Å². The molecule has 0 unspecified atom stereocenters. The van der Waals surface area contributed by atoms with Gasteiger partial charge in [-0.25, -0.2) is 0 Å². The van der Waals surface area contributed by atoms with Crippen molar-refractivity contribution < 1.29 is 4.52 Å². The zero-order valence-corrected chi connectivity index (χ0v) is 6.48. The molecule has 2 rings (SSSR count).